The summed E-state index contributed by atoms with van der Waals surface area (Å²) in [6.07, 6.45) is -3.81. The van der Waals surface area contributed by atoms with Gasteiger partial charge in [0.05, 0.1) is 6.54 Å². The summed E-state index contributed by atoms with van der Waals surface area (Å²) in [7, 11) is 0. The average Bonchev–Trinajstić information content (AvgIpc) is 2.54. The molecule has 0 unspecified atom stereocenters. The van der Waals surface area contributed by atoms with Crippen LogP contribution >= 0.6 is 22.6 Å². The van der Waals surface area contributed by atoms with Crippen molar-refractivity contribution in [3.63, 3.8) is 0 Å². The molecule has 0 saturated heterocycles. The maximum absolute atomic E-state index is 10.6. The Morgan fingerprint density at radius 2 is 1.69 bits per heavy atom. The summed E-state index contributed by atoms with van der Waals surface area (Å²) in [6.45, 7) is 0.385. The fraction of sp³-hybridized carbons (Fsp3) is 0.231. The Bertz CT molecular complexity index is 761. The Hall–Kier alpha value is -2.42. The van der Waals surface area contributed by atoms with E-state index >= 15 is 0 Å². The minimum absolute atomic E-state index is 0.0776. The van der Waals surface area contributed by atoms with E-state index in [1.54, 1.807) is 0 Å². The summed E-state index contributed by atoms with van der Waals surface area (Å²) in [6, 6.07) is 5.76. The van der Waals surface area contributed by atoms with E-state index in [4.69, 9.17) is 15.0 Å². The number of nitrogens with zero attached hydrogens (tertiary/aromatic N) is 4. The first-order valence-corrected chi connectivity index (χ1v) is 7.70. The van der Waals surface area contributed by atoms with Gasteiger partial charge in [-0.3, -0.25) is 4.79 Å². The van der Waals surface area contributed by atoms with Crippen molar-refractivity contribution in [2.24, 2.45) is 0 Å². The maximum atomic E-state index is 10.6. The molecule has 2 rings (SSSR count). The highest BCUT2D eigenvalue weighted by molar-refractivity contribution is 14.1. The number of nitrogens with one attached hydrogen (secondary N) is 1. The Kier molecular flexibility index (Phi) is 8.24. The van der Waals surface area contributed by atoms with Crippen LogP contribution in [0.1, 0.15) is 5.56 Å². The van der Waals surface area contributed by atoms with Crippen molar-refractivity contribution in [3.05, 3.63) is 33.7 Å². The number of hydrogen-bond acceptors (Lipinski definition) is 7. The SMILES string of the molecule is O=C(O)C(F)(F)F.O=C(O)CNCc1cc(I)cc(-c2nncnn2)c1. The van der Waals surface area contributed by atoms with Gasteiger partial charge in [-0.1, -0.05) is 0 Å². The highest BCUT2D eigenvalue weighted by atomic mass is 127. The van der Waals surface area contributed by atoms with Crippen molar-refractivity contribution in [1.82, 2.24) is 25.7 Å². The van der Waals surface area contributed by atoms with E-state index in [-0.39, 0.29) is 6.54 Å². The minimum atomic E-state index is -5.08. The van der Waals surface area contributed by atoms with Gasteiger partial charge in [0.1, 0.15) is 0 Å². The molecule has 0 fully saturated rings. The quantitative estimate of drug-likeness (QED) is 0.536. The molecule has 0 saturated carbocycles. The molecule has 140 valence electrons. The largest absolute Gasteiger partial charge is 0.490 e. The van der Waals surface area contributed by atoms with Crippen LogP contribution in [0.3, 0.4) is 0 Å². The van der Waals surface area contributed by atoms with Crippen LogP contribution in [0.15, 0.2) is 24.5 Å². The van der Waals surface area contributed by atoms with Gasteiger partial charge in [-0.2, -0.15) is 13.2 Å². The summed E-state index contributed by atoms with van der Waals surface area (Å²) >= 11 is 2.18. The number of halogens is 4. The number of carboxylic acids is 2. The molecule has 0 radical (unpaired) electrons. The van der Waals surface area contributed by atoms with Crippen molar-refractivity contribution in [1.29, 1.82) is 0 Å². The molecule has 2 aromatic rings. The summed E-state index contributed by atoms with van der Waals surface area (Å²) in [4.78, 5) is 19.3. The topological polar surface area (TPSA) is 138 Å². The number of rotatable bonds is 5. The standard InChI is InChI=1S/C11H10IN5O2.C2HF3O2/c12-9-2-7(4-13-5-10(18)19)1-8(3-9)11-16-14-6-15-17-11;3-2(4,5)1(6)7/h1-3,6,13H,4-5H2,(H,18,19);(H,6,7). The van der Waals surface area contributed by atoms with Gasteiger partial charge in [0, 0.05) is 15.7 Å². The van der Waals surface area contributed by atoms with E-state index < -0.39 is 18.1 Å². The van der Waals surface area contributed by atoms with Gasteiger partial charge >= 0.3 is 18.1 Å². The van der Waals surface area contributed by atoms with E-state index in [2.05, 4.69) is 48.3 Å². The van der Waals surface area contributed by atoms with E-state index in [9.17, 15) is 18.0 Å². The third-order valence-electron chi connectivity index (χ3n) is 2.47. The number of aromatic nitrogens is 4. The second-order valence-electron chi connectivity index (χ2n) is 4.52. The van der Waals surface area contributed by atoms with Crippen LogP contribution in [0, 0.1) is 3.57 Å². The molecule has 0 aliphatic rings. The van der Waals surface area contributed by atoms with E-state index in [0.717, 1.165) is 14.7 Å². The molecule has 0 bridgehead atoms. The minimum Gasteiger partial charge on any atom is -0.480 e. The summed E-state index contributed by atoms with van der Waals surface area (Å²) < 4.78 is 32.7. The van der Waals surface area contributed by atoms with E-state index in [1.165, 1.54) is 6.33 Å². The third-order valence-corrected chi connectivity index (χ3v) is 3.09. The Labute approximate surface area is 157 Å². The van der Waals surface area contributed by atoms with Crippen LogP contribution < -0.4 is 5.32 Å². The van der Waals surface area contributed by atoms with Crippen LogP contribution in [-0.4, -0.2) is 55.3 Å². The lowest BCUT2D eigenvalue weighted by Crippen LogP contribution is -2.21. The molecule has 3 N–H and O–H groups in total. The Morgan fingerprint density at radius 3 is 2.19 bits per heavy atom. The van der Waals surface area contributed by atoms with Gasteiger partial charge in [-0.15, -0.1) is 20.4 Å². The third kappa shape index (κ3) is 8.11. The van der Waals surface area contributed by atoms with Crippen LogP contribution in [0.4, 0.5) is 13.2 Å². The molecule has 9 nitrogen and oxygen atoms in total. The van der Waals surface area contributed by atoms with Crippen LogP contribution in [0.2, 0.25) is 0 Å². The molecule has 0 amide bonds. The summed E-state index contributed by atoms with van der Waals surface area (Å²) in [5, 5.41) is 33.7. The van der Waals surface area contributed by atoms with Gasteiger partial charge in [0.15, 0.2) is 6.33 Å². The zero-order chi connectivity index (χ0) is 19.7. The van der Waals surface area contributed by atoms with Crippen molar-refractivity contribution >= 4 is 34.5 Å². The molecule has 1 heterocycles. The maximum Gasteiger partial charge on any atom is 0.490 e. The van der Waals surface area contributed by atoms with Crippen LogP contribution in [0.25, 0.3) is 11.4 Å². The first kappa shape index (κ1) is 21.6. The molecule has 0 aliphatic heterocycles. The molecule has 13 heteroatoms. The van der Waals surface area contributed by atoms with Crippen molar-refractivity contribution in [3.8, 4) is 11.4 Å². The van der Waals surface area contributed by atoms with E-state index in [1.807, 2.05) is 18.2 Å². The van der Waals surface area contributed by atoms with Gasteiger partial charge in [-0.25, -0.2) is 4.79 Å². The second kappa shape index (κ2) is 9.91. The molecular formula is C13H11F3IN5O4. The first-order valence-electron chi connectivity index (χ1n) is 6.62. The number of aliphatic carboxylic acids is 2. The smallest absolute Gasteiger partial charge is 0.480 e. The summed E-state index contributed by atoms with van der Waals surface area (Å²) in [5.74, 6) is -3.20. The number of hydrogen-bond donors (Lipinski definition) is 3. The molecule has 26 heavy (non-hydrogen) atoms. The molecule has 1 aromatic carbocycles. The molecular weight excluding hydrogens is 474 g/mol. The summed E-state index contributed by atoms with van der Waals surface area (Å²) in [5.41, 5.74) is 1.76. The van der Waals surface area contributed by atoms with Crippen molar-refractivity contribution < 1.29 is 33.0 Å². The predicted octanol–water partition coefficient (Wildman–Crippen LogP) is 1.35. The number of carboxylic acid groups (broad SMARTS) is 2. The lowest BCUT2D eigenvalue weighted by molar-refractivity contribution is -0.192. The number of alkyl halides is 3. The second-order valence-corrected chi connectivity index (χ2v) is 5.76. The number of benzene rings is 1. The highest BCUT2D eigenvalue weighted by Gasteiger charge is 2.38. The average molecular weight is 485 g/mol. The normalized spacial score (nSPS) is 10.6. The van der Waals surface area contributed by atoms with Gasteiger partial charge in [0.2, 0.25) is 5.82 Å². The lowest BCUT2D eigenvalue weighted by Gasteiger charge is -2.06. The molecule has 0 atom stereocenters. The fourth-order valence-electron chi connectivity index (χ4n) is 1.51. The monoisotopic (exact) mass is 485 g/mol. The molecule has 0 spiro atoms. The van der Waals surface area contributed by atoms with Gasteiger partial charge in [0.25, 0.3) is 0 Å². The van der Waals surface area contributed by atoms with E-state index in [0.29, 0.717) is 12.4 Å². The lowest BCUT2D eigenvalue weighted by atomic mass is 10.1. The van der Waals surface area contributed by atoms with Crippen molar-refractivity contribution in [2.75, 3.05) is 6.54 Å². The van der Waals surface area contributed by atoms with Gasteiger partial charge < -0.3 is 15.5 Å². The zero-order valence-electron chi connectivity index (χ0n) is 12.7. The molecule has 0 aliphatic carbocycles. The van der Waals surface area contributed by atoms with Gasteiger partial charge in [-0.05, 0) is 46.4 Å². The first-order chi connectivity index (χ1) is 12.1. The predicted molar refractivity (Wildman–Crippen MR) is 88.8 cm³/mol. The fourth-order valence-corrected chi connectivity index (χ4v) is 2.25. The van der Waals surface area contributed by atoms with Crippen LogP contribution in [0.5, 0.6) is 0 Å². The molecule has 1 aromatic heterocycles. The van der Waals surface area contributed by atoms with Crippen LogP contribution in [-0.2, 0) is 16.1 Å². The Morgan fingerprint density at radius 1 is 1.12 bits per heavy atom. The Balaban J connectivity index is 0.000000412. The number of carbonyl (C=O) groups is 2. The zero-order valence-corrected chi connectivity index (χ0v) is 14.9. The van der Waals surface area contributed by atoms with Crippen molar-refractivity contribution in [2.45, 2.75) is 12.7 Å². The highest BCUT2D eigenvalue weighted by Crippen LogP contribution is 2.19.